The first-order valence-electron chi connectivity index (χ1n) is 7.90. The summed E-state index contributed by atoms with van der Waals surface area (Å²) in [6.07, 6.45) is -1.37. The van der Waals surface area contributed by atoms with Crippen LogP contribution in [0.3, 0.4) is 0 Å². The number of aromatic amines is 1. The van der Waals surface area contributed by atoms with Gasteiger partial charge >= 0.3 is 5.97 Å². The third-order valence-corrected chi connectivity index (χ3v) is 3.94. The van der Waals surface area contributed by atoms with Crippen molar-refractivity contribution in [1.82, 2.24) is 4.98 Å². The molecule has 1 aromatic heterocycles. The number of nitrogens with one attached hydrogen (secondary N) is 2. The van der Waals surface area contributed by atoms with Gasteiger partial charge in [-0.2, -0.15) is 0 Å². The fourth-order valence-corrected chi connectivity index (χ4v) is 2.61. The predicted molar refractivity (Wildman–Crippen MR) is 90.1 cm³/mol. The zero-order valence-electron chi connectivity index (χ0n) is 15.0. The standard InChI is InChI=1S/C18H17F3N2O4/c1-7-13(9(3)24)8(2)22-16(7)18(26)27-10(4)17(25)23-12-6-5-11(19)14(20)15(12)21/h5-6,10,22H,1-4H3,(H,23,25)/t10-/m1/s1. The third-order valence-electron chi connectivity index (χ3n) is 3.94. The number of aryl methyl sites for hydroxylation is 1. The van der Waals surface area contributed by atoms with Crippen LogP contribution < -0.4 is 5.32 Å². The highest BCUT2D eigenvalue weighted by Crippen LogP contribution is 2.21. The van der Waals surface area contributed by atoms with Gasteiger partial charge in [-0.15, -0.1) is 0 Å². The zero-order chi connectivity index (χ0) is 20.5. The van der Waals surface area contributed by atoms with Crippen LogP contribution in [-0.2, 0) is 9.53 Å². The molecule has 6 nitrogen and oxygen atoms in total. The minimum absolute atomic E-state index is 0.0105. The smallest absolute Gasteiger partial charge is 0.355 e. The Kier molecular flexibility index (Phi) is 5.72. The van der Waals surface area contributed by atoms with Crippen molar-refractivity contribution in [2.45, 2.75) is 33.8 Å². The molecule has 2 aromatic rings. The molecule has 0 fully saturated rings. The molecular weight excluding hydrogens is 365 g/mol. The summed E-state index contributed by atoms with van der Waals surface area (Å²) in [6.45, 7) is 5.74. The highest BCUT2D eigenvalue weighted by atomic mass is 19.2. The molecule has 0 unspecified atom stereocenters. The average Bonchev–Trinajstić information content (AvgIpc) is 2.89. The van der Waals surface area contributed by atoms with Gasteiger partial charge in [0.2, 0.25) is 0 Å². The normalized spacial score (nSPS) is 11.8. The molecule has 2 rings (SSSR count). The van der Waals surface area contributed by atoms with Gasteiger partial charge in [0.15, 0.2) is 29.3 Å². The van der Waals surface area contributed by atoms with Crippen molar-refractivity contribution in [1.29, 1.82) is 0 Å². The van der Waals surface area contributed by atoms with Crippen molar-refractivity contribution >= 4 is 23.3 Å². The number of hydrogen-bond acceptors (Lipinski definition) is 4. The molecule has 0 bridgehead atoms. The van der Waals surface area contributed by atoms with Gasteiger partial charge in [0, 0.05) is 11.3 Å². The number of anilines is 1. The van der Waals surface area contributed by atoms with Gasteiger partial charge in [-0.1, -0.05) is 0 Å². The van der Waals surface area contributed by atoms with Crippen LogP contribution in [0.2, 0.25) is 0 Å². The maximum Gasteiger partial charge on any atom is 0.355 e. The molecular formula is C18H17F3N2O4. The first-order chi connectivity index (χ1) is 12.5. The molecule has 0 saturated carbocycles. The Labute approximate surface area is 152 Å². The number of H-pyrrole nitrogens is 1. The number of halogens is 3. The molecule has 0 radical (unpaired) electrons. The minimum atomic E-state index is -1.73. The van der Waals surface area contributed by atoms with Gasteiger partial charge in [0.1, 0.15) is 5.69 Å². The summed E-state index contributed by atoms with van der Waals surface area (Å²) in [5, 5.41) is 2.02. The molecule has 1 amide bonds. The van der Waals surface area contributed by atoms with Crippen LogP contribution in [0.15, 0.2) is 12.1 Å². The van der Waals surface area contributed by atoms with E-state index in [4.69, 9.17) is 4.74 Å². The molecule has 0 aliphatic carbocycles. The van der Waals surface area contributed by atoms with Gasteiger partial charge in [0.25, 0.3) is 5.91 Å². The number of amides is 1. The van der Waals surface area contributed by atoms with E-state index in [0.717, 1.165) is 6.07 Å². The number of aromatic nitrogens is 1. The van der Waals surface area contributed by atoms with Crippen molar-refractivity contribution in [3.63, 3.8) is 0 Å². The summed E-state index contributed by atoms with van der Waals surface area (Å²) in [5.41, 5.74) is 0.629. The summed E-state index contributed by atoms with van der Waals surface area (Å²) in [4.78, 5) is 38.7. The molecule has 0 saturated heterocycles. The lowest BCUT2D eigenvalue weighted by atomic mass is 10.1. The van der Waals surface area contributed by atoms with Crippen LogP contribution in [0.25, 0.3) is 0 Å². The fourth-order valence-electron chi connectivity index (χ4n) is 2.61. The summed E-state index contributed by atoms with van der Waals surface area (Å²) >= 11 is 0. The Balaban J connectivity index is 2.13. The molecule has 27 heavy (non-hydrogen) atoms. The molecule has 1 atom stereocenters. The number of ether oxygens (including phenoxy) is 1. The van der Waals surface area contributed by atoms with Crippen molar-refractivity contribution in [2.75, 3.05) is 5.32 Å². The zero-order valence-corrected chi connectivity index (χ0v) is 15.0. The lowest BCUT2D eigenvalue weighted by Gasteiger charge is -2.14. The summed E-state index contributed by atoms with van der Waals surface area (Å²) < 4.78 is 44.8. The van der Waals surface area contributed by atoms with Gasteiger partial charge in [-0.3, -0.25) is 9.59 Å². The van der Waals surface area contributed by atoms with Crippen LogP contribution in [0.1, 0.15) is 46.0 Å². The molecule has 0 aliphatic rings. The van der Waals surface area contributed by atoms with Crippen LogP contribution in [0.5, 0.6) is 0 Å². The van der Waals surface area contributed by atoms with E-state index in [0.29, 0.717) is 22.9 Å². The SMILES string of the molecule is CC(=O)c1c(C)[nH]c(C(=O)O[C@H](C)C(=O)Nc2ccc(F)c(F)c2F)c1C. The first-order valence-corrected chi connectivity index (χ1v) is 7.90. The first kappa shape index (κ1) is 20.2. The molecule has 9 heteroatoms. The highest BCUT2D eigenvalue weighted by molar-refractivity contribution is 6.02. The maximum absolute atomic E-state index is 13.6. The number of ketones is 1. The fraction of sp³-hybridized carbons (Fsp3) is 0.278. The molecule has 0 aliphatic heterocycles. The van der Waals surface area contributed by atoms with E-state index in [2.05, 4.69) is 4.98 Å². The Bertz CT molecular complexity index is 937. The number of rotatable bonds is 5. The van der Waals surface area contributed by atoms with Gasteiger partial charge in [-0.25, -0.2) is 18.0 Å². The average molecular weight is 382 g/mol. The third kappa shape index (κ3) is 4.02. The van der Waals surface area contributed by atoms with Gasteiger partial charge in [-0.05, 0) is 45.4 Å². The van der Waals surface area contributed by atoms with E-state index < -0.39 is 41.1 Å². The van der Waals surface area contributed by atoms with Gasteiger partial charge in [0.05, 0.1) is 5.69 Å². The number of hydrogen-bond donors (Lipinski definition) is 2. The van der Waals surface area contributed by atoms with E-state index in [1.165, 1.54) is 13.8 Å². The van der Waals surface area contributed by atoms with E-state index in [9.17, 15) is 27.6 Å². The summed E-state index contributed by atoms with van der Waals surface area (Å²) in [6, 6.07) is 1.50. The monoisotopic (exact) mass is 382 g/mol. The maximum atomic E-state index is 13.6. The number of carbonyl (C=O) groups is 3. The van der Waals surface area contributed by atoms with E-state index in [1.807, 2.05) is 5.32 Å². The van der Waals surface area contributed by atoms with E-state index in [1.54, 1.807) is 13.8 Å². The summed E-state index contributed by atoms with van der Waals surface area (Å²) in [5.74, 6) is -6.77. The minimum Gasteiger partial charge on any atom is -0.448 e. The van der Waals surface area contributed by atoms with Gasteiger partial charge < -0.3 is 15.0 Å². The highest BCUT2D eigenvalue weighted by Gasteiger charge is 2.25. The van der Waals surface area contributed by atoms with E-state index >= 15 is 0 Å². The lowest BCUT2D eigenvalue weighted by Crippen LogP contribution is -2.30. The van der Waals surface area contributed by atoms with Crippen molar-refractivity contribution in [3.05, 3.63) is 52.1 Å². The van der Waals surface area contributed by atoms with Crippen LogP contribution in [0.4, 0.5) is 18.9 Å². The van der Waals surface area contributed by atoms with Crippen molar-refractivity contribution < 1.29 is 32.3 Å². The number of benzene rings is 1. The number of carbonyl (C=O) groups excluding carboxylic acids is 3. The van der Waals surface area contributed by atoms with E-state index in [-0.39, 0.29) is 11.5 Å². The number of esters is 1. The molecule has 0 spiro atoms. The summed E-state index contributed by atoms with van der Waals surface area (Å²) in [7, 11) is 0. The Morgan fingerprint density at radius 3 is 2.30 bits per heavy atom. The van der Waals surface area contributed by atoms with Crippen molar-refractivity contribution in [2.24, 2.45) is 0 Å². The van der Waals surface area contributed by atoms with Crippen LogP contribution in [0, 0.1) is 31.3 Å². The van der Waals surface area contributed by atoms with Crippen LogP contribution in [-0.4, -0.2) is 28.7 Å². The van der Waals surface area contributed by atoms with Crippen molar-refractivity contribution in [3.8, 4) is 0 Å². The second-order valence-electron chi connectivity index (χ2n) is 5.94. The lowest BCUT2D eigenvalue weighted by molar-refractivity contribution is -0.123. The molecule has 144 valence electrons. The predicted octanol–water partition coefficient (Wildman–Crippen LogP) is 3.44. The molecule has 1 aromatic carbocycles. The Morgan fingerprint density at radius 1 is 1.11 bits per heavy atom. The number of Topliss-reactive ketones (excluding diaryl/α,β-unsaturated/α-hetero) is 1. The second kappa shape index (κ2) is 7.65. The van der Waals surface area contributed by atoms with Crippen LogP contribution >= 0.6 is 0 Å². The largest absolute Gasteiger partial charge is 0.448 e. The topological polar surface area (TPSA) is 88.3 Å². The molecule has 2 N–H and O–H groups in total. The molecule has 1 heterocycles. The Morgan fingerprint density at radius 2 is 1.74 bits per heavy atom. The second-order valence-corrected chi connectivity index (χ2v) is 5.94. The quantitative estimate of drug-likeness (QED) is 0.471. The Hall–Kier alpha value is -3.10.